The molecule has 11 heteroatoms. The lowest BCUT2D eigenvalue weighted by Crippen LogP contribution is -2.47. The number of aliphatic carboxylic acids is 1. The molecule has 0 bridgehead atoms. The largest absolute Gasteiger partial charge is 0.477 e. The van der Waals surface area contributed by atoms with Crippen molar-refractivity contribution in [2.24, 2.45) is 0 Å². The Morgan fingerprint density at radius 1 is 0.861 bits per heavy atom. The number of alkyl halides is 6. The minimum atomic E-state index is -4.60. The van der Waals surface area contributed by atoms with Crippen molar-refractivity contribution in [3.05, 3.63) is 94.0 Å². The predicted octanol–water partition coefficient (Wildman–Crippen LogP) is 7.11. The zero-order chi connectivity index (χ0) is 26.3. The zero-order valence-electron chi connectivity index (χ0n) is 18.2. The van der Waals surface area contributed by atoms with Crippen molar-refractivity contribution >= 4 is 17.6 Å². The van der Waals surface area contributed by atoms with Crippen LogP contribution < -0.4 is 0 Å². The topological polar surface area (TPSA) is 55.8 Å². The highest BCUT2D eigenvalue weighted by molar-refractivity contribution is 6.33. The van der Waals surface area contributed by atoms with Gasteiger partial charge in [-0.1, -0.05) is 48.0 Å². The SMILES string of the molecule is O=C(O)C1(c2ccc(Cl)c(-c3cccc(C(F)(F)F)c3)c2)OCC(c2cccc(C(F)(F)F)c2)CO1. The summed E-state index contributed by atoms with van der Waals surface area (Å²) in [6.45, 7) is -0.565. The number of carbonyl (C=O) groups is 1. The highest BCUT2D eigenvalue weighted by Gasteiger charge is 2.48. The fourth-order valence-corrected chi connectivity index (χ4v) is 4.14. The van der Waals surface area contributed by atoms with Crippen molar-refractivity contribution in [1.82, 2.24) is 0 Å². The average Bonchev–Trinajstić information content (AvgIpc) is 2.83. The first-order chi connectivity index (χ1) is 16.8. The third-order valence-corrected chi connectivity index (χ3v) is 6.12. The standard InChI is InChI=1S/C25H17ClF6O4/c26-21-8-7-17(11-20(21)15-4-2-6-19(10-15)25(30,31)32)23(22(33)34)35-12-16(13-36-23)14-3-1-5-18(9-14)24(27,28)29/h1-11,16H,12-13H2,(H,33,34). The lowest BCUT2D eigenvalue weighted by Gasteiger charge is -2.37. The van der Waals surface area contributed by atoms with Gasteiger partial charge in [0.05, 0.1) is 24.3 Å². The number of rotatable bonds is 4. The Labute approximate surface area is 206 Å². The molecule has 4 nitrogen and oxygen atoms in total. The van der Waals surface area contributed by atoms with Gasteiger partial charge in [0.15, 0.2) is 0 Å². The normalized spacial score (nSPS) is 20.8. The van der Waals surface area contributed by atoms with Crippen molar-refractivity contribution in [2.75, 3.05) is 13.2 Å². The molecule has 0 atom stereocenters. The lowest BCUT2D eigenvalue weighted by molar-refractivity contribution is -0.278. The van der Waals surface area contributed by atoms with E-state index in [9.17, 15) is 36.2 Å². The van der Waals surface area contributed by atoms with Crippen molar-refractivity contribution in [2.45, 2.75) is 24.1 Å². The fraction of sp³-hybridized carbons (Fsp3) is 0.240. The van der Waals surface area contributed by atoms with E-state index in [1.165, 1.54) is 42.5 Å². The second-order valence-electron chi connectivity index (χ2n) is 8.14. The third-order valence-electron chi connectivity index (χ3n) is 5.79. The molecular weight excluding hydrogens is 514 g/mol. The summed E-state index contributed by atoms with van der Waals surface area (Å²) in [4.78, 5) is 12.2. The molecule has 0 aromatic heterocycles. The summed E-state index contributed by atoms with van der Waals surface area (Å²) < 4.78 is 89.9. The smallest absolute Gasteiger partial charge is 0.416 e. The number of hydrogen-bond acceptors (Lipinski definition) is 3. The van der Waals surface area contributed by atoms with Gasteiger partial charge < -0.3 is 14.6 Å². The number of carboxylic acids is 1. The van der Waals surface area contributed by atoms with E-state index in [2.05, 4.69) is 0 Å². The molecule has 1 heterocycles. The van der Waals surface area contributed by atoms with E-state index < -0.39 is 41.2 Å². The van der Waals surface area contributed by atoms with Crippen LogP contribution in [0.2, 0.25) is 5.02 Å². The molecule has 1 fully saturated rings. The Hall–Kier alpha value is -3.08. The Balaban J connectivity index is 1.66. The van der Waals surface area contributed by atoms with Gasteiger partial charge in [0.2, 0.25) is 0 Å². The molecular formula is C25H17ClF6O4. The molecule has 1 N–H and O–H groups in total. The van der Waals surface area contributed by atoms with E-state index in [-0.39, 0.29) is 40.5 Å². The molecule has 36 heavy (non-hydrogen) atoms. The van der Waals surface area contributed by atoms with Gasteiger partial charge >= 0.3 is 18.3 Å². The van der Waals surface area contributed by atoms with Gasteiger partial charge in [-0.25, -0.2) is 4.79 Å². The summed E-state index contributed by atoms with van der Waals surface area (Å²) in [5.41, 5.74) is -1.36. The van der Waals surface area contributed by atoms with Gasteiger partial charge in [0.25, 0.3) is 5.79 Å². The fourth-order valence-electron chi connectivity index (χ4n) is 3.91. The molecule has 0 saturated carbocycles. The van der Waals surface area contributed by atoms with Crippen LogP contribution in [0, 0.1) is 0 Å². The minimum Gasteiger partial charge on any atom is -0.477 e. The Bertz CT molecular complexity index is 1280. The van der Waals surface area contributed by atoms with E-state index in [0.717, 1.165) is 24.3 Å². The summed E-state index contributed by atoms with van der Waals surface area (Å²) in [6.07, 6.45) is -9.16. The highest BCUT2D eigenvalue weighted by Crippen LogP contribution is 2.41. The van der Waals surface area contributed by atoms with Crippen molar-refractivity contribution in [3.8, 4) is 11.1 Å². The summed E-state index contributed by atoms with van der Waals surface area (Å²) in [5, 5.41) is 10.0. The number of benzene rings is 3. The van der Waals surface area contributed by atoms with Gasteiger partial charge in [-0.05, 0) is 41.5 Å². The second kappa shape index (κ2) is 9.42. The maximum atomic E-state index is 13.2. The molecule has 1 aliphatic rings. The maximum Gasteiger partial charge on any atom is 0.416 e. The highest BCUT2D eigenvalue weighted by atomic mass is 35.5. The molecule has 0 spiro atoms. The van der Waals surface area contributed by atoms with Crippen LogP contribution in [0.15, 0.2) is 66.7 Å². The van der Waals surface area contributed by atoms with Gasteiger partial charge in [0.1, 0.15) is 0 Å². The van der Waals surface area contributed by atoms with Crippen LogP contribution in [0.5, 0.6) is 0 Å². The Morgan fingerprint density at radius 2 is 1.44 bits per heavy atom. The van der Waals surface area contributed by atoms with Crippen LogP contribution in [0.1, 0.15) is 28.2 Å². The molecule has 3 aromatic carbocycles. The van der Waals surface area contributed by atoms with Crippen molar-refractivity contribution in [3.63, 3.8) is 0 Å². The number of carboxylic acid groups (broad SMARTS) is 1. The molecule has 0 unspecified atom stereocenters. The van der Waals surface area contributed by atoms with Crippen LogP contribution >= 0.6 is 11.6 Å². The molecule has 4 rings (SSSR count). The Morgan fingerprint density at radius 3 is 2.03 bits per heavy atom. The number of halogens is 7. The summed E-state index contributed by atoms with van der Waals surface area (Å²) in [5.74, 6) is -4.56. The van der Waals surface area contributed by atoms with E-state index in [1.54, 1.807) is 0 Å². The van der Waals surface area contributed by atoms with Crippen LogP contribution in [-0.4, -0.2) is 24.3 Å². The summed E-state index contributed by atoms with van der Waals surface area (Å²) in [6, 6.07) is 12.8. The van der Waals surface area contributed by atoms with Crippen LogP contribution in [-0.2, 0) is 32.4 Å². The average molecular weight is 531 g/mol. The first-order valence-corrected chi connectivity index (χ1v) is 10.9. The van der Waals surface area contributed by atoms with Gasteiger partial charge in [-0.15, -0.1) is 0 Å². The molecule has 1 aliphatic heterocycles. The minimum absolute atomic E-state index is 0.0469. The predicted molar refractivity (Wildman–Crippen MR) is 117 cm³/mol. The summed E-state index contributed by atoms with van der Waals surface area (Å²) in [7, 11) is 0. The van der Waals surface area contributed by atoms with Crippen LogP contribution in [0.4, 0.5) is 26.3 Å². The van der Waals surface area contributed by atoms with Gasteiger partial charge in [-0.3, -0.25) is 0 Å². The first-order valence-electron chi connectivity index (χ1n) is 10.5. The molecule has 0 radical (unpaired) electrons. The summed E-state index contributed by atoms with van der Waals surface area (Å²) >= 11 is 6.21. The van der Waals surface area contributed by atoms with Crippen LogP contribution in [0.3, 0.4) is 0 Å². The van der Waals surface area contributed by atoms with E-state index in [4.69, 9.17) is 21.1 Å². The third kappa shape index (κ3) is 5.07. The van der Waals surface area contributed by atoms with E-state index in [1.807, 2.05) is 0 Å². The molecule has 1 saturated heterocycles. The molecule has 190 valence electrons. The Kier molecular flexibility index (Phi) is 6.80. The maximum absolute atomic E-state index is 13.2. The van der Waals surface area contributed by atoms with Gasteiger partial charge in [-0.2, -0.15) is 26.3 Å². The van der Waals surface area contributed by atoms with Crippen molar-refractivity contribution in [1.29, 1.82) is 0 Å². The first kappa shape index (κ1) is 26.0. The number of ether oxygens (including phenoxy) is 2. The monoisotopic (exact) mass is 530 g/mol. The molecule has 3 aromatic rings. The van der Waals surface area contributed by atoms with Gasteiger partial charge in [0, 0.05) is 22.1 Å². The lowest BCUT2D eigenvalue weighted by atomic mass is 9.94. The number of hydrogen-bond donors (Lipinski definition) is 1. The van der Waals surface area contributed by atoms with E-state index in [0.29, 0.717) is 0 Å². The van der Waals surface area contributed by atoms with Crippen LogP contribution in [0.25, 0.3) is 11.1 Å². The molecule has 0 aliphatic carbocycles. The molecule has 0 amide bonds. The zero-order valence-corrected chi connectivity index (χ0v) is 18.9. The van der Waals surface area contributed by atoms with Crippen molar-refractivity contribution < 1.29 is 45.7 Å². The van der Waals surface area contributed by atoms with E-state index >= 15 is 0 Å². The second-order valence-corrected chi connectivity index (χ2v) is 8.54. The quantitative estimate of drug-likeness (QED) is 0.365.